The number of carbonyl (C=O) groups excluding carboxylic acids is 1. The van der Waals surface area contributed by atoms with Crippen LogP contribution in [0.25, 0.3) is 0 Å². The van der Waals surface area contributed by atoms with E-state index in [1.165, 1.54) is 18.2 Å². The zero-order chi connectivity index (χ0) is 21.3. The number of carbonyl (C=O) groups is 2. The monoisotopic (exact) mass is 390 g/mol. The van der Waals surface area contributed by atoms with Gasteiger partial charge in [-0.15, -0.1) is 0 Å². The van der Waals surface area contributed by atoms with Gasteiger partial charge in [0.25, 0.3) is 0 Å². The molecule has 1 aromatic carbocycles. The van der Waals surface area contributed by atoms with Crippen molar-refractivity contribution in [2.45, 2.75) is 46.1 Å². The van der Waals surface area contributed by atoms with Crippen LogP contribution in [0, 0.1) is 17.0 Å². The quantitative estimate of drug-likeness (QED) is 0.585. The van der Waals surface area contributed by atoms with Gasteiger partial charge in [-0.2, -0.15) is 0 Å². The van der Waals surface area contributed by atoms with Crippen molar-refractivity contribution in [1.29, 1.82) is 0 Å². The fraction of sp³-hybridized carbons (Fsp3) is 0.364. The summed E-state index contributed by atoms with van der Waals surface area (Å²) in [5.41, 5.74) is -0.706. The highest BCUT2D eigenvalue weighted by molar-refractivity contribution is 5.98. The van der Waals surface area contributed by atoms with E-state index in [1.807, 2.05) is 0 Å². The molecule has 0 radical (unpaired) electrons. The van der Waals surface area contributed by atoms with Crippen LogP contribution in [0.3, 0.4) is 0 Å². The Balaban J connectivity index is 2.50. The van der Waals surface area contributed by atoms with Crippen molar-refractivity contribution in [2.24, 2.45) is 5.41 Å². The lowest BCUT2D eigenvalue weighted by molar-refractivity contribution is -0.131. The van der Waals surface area contributed by atoms with E-state index < -0.39 is 28.6 Å². The zero-order valence-corrected chi connectivity index (χ0v) is 16.3. The molecule has 1 aliphatic rings. The summed E-state index contributed by atoms with van der Waals surface area (Å²) >= 11 is 0. The van der Waals surface area contributed by atoms with Gasteiger partial charge >= 0.3 is 5.97 Å². The van der Waals surface area contributed by atoms with Crippen LogP contribution < -0.4 is 0 Å². The van der Waals surface area contributed by atoms with Crippen LogP contribution in [0.2, 0.25) is 0 Å². The SMILES string of the molecule is CC1=C(Cc2ccc(F)c(F)c2)C(=O)CC(C)(C)[C@]1(O)/C=C/C(C)=C\C(=O)O. The molecule has 0 amide bonds. The third kappa shape index (κ3) is 4.28. The number of ketones is 1. The fourth-order valence-corrected chi connectivity index (χ4v) is 3.52. The molecule has 0 fully saturated rings. The highest BCUT2D eigenvalue weighted by Gasteiger charge is 2.49. The summed E-state index contributed by atoms with van der Waals surface area (Å²) in [6, 6.07) is 3.45. The van der Waals surface area contributed by atoms with Crippen LogP contribution in [0.1, 0.15) is 39.7 Å². The van der Waals surface area contributed by atoms with Crippen LogP contribution in [-0.2, 0) is 16.0 Å². The molecule has 28 heavy (non-hydrogen) atoms. The minimum Gasteiger partial charge on any atom is -0.478 e. The summed E-state index contributed by atoms with van der Waals surface area (Å²) in [7, 11) is 0. The molecule has 0 saturated heterocycles. The first-order valence-corrected chi connectivity index (χ1v) is 8.87. The van der Waals surface area contributed by atoms with E-state index in [9.17, 15) is 23.5 Å². The number of Topliss-reactive ketones (excluding diaryl/α,β-unsaturated/α-hetero) is 1. The van der Waals surface area contributed by atoms with Gasteiger partial charge in [0.15, 0.2) is 17.4 Å². The van der Waals surface area contributed by atoms with Gasteiger partial charge in [-0.3, -0.25) is 4.79 Å². The normalized spacial score (nSPS) is 22.8. The second-order valence-corrected chi connectivity index (χ2v) is 7.84. The van der Waals surface area contributed by atoms with E-state index in [4.69, 9.17) is 5.11 Å². The van der Waals surface area contributed by atoms with Gasteiger partial charge in [0.05, 0.1) is 0 Å². The highest BCUT2D eigenvalue weighted by atomic mass is 19.2. The maximum atomic E-state index is 13.5. The van der Waals surface area contributed by atoms with Gasteiger partial charge in [0, 0.05) is 29.9 Å². The van der Waals surface area contributed by atoms with Crippen molar-refractivity contribution in [3.05, 3.63) is 70.3 Å². The van der Waals surface area contributed by atoms with E-state index in [2.05, 4.69) is 0 Å². The highest BCUT2D eigenvalue weighted by Crippen LogP contribution is 2.47. The molecule has 0 heterocycles. The number of rotatable bonds is 5. The molecule has 4 nitrogen and oxygen atoms in total. The Labute approximate surface area is 162 Å². The third-order valence-corrected chi connectivity index (χ3v) is 5.30. The van der Waals surface area contributed by atoms with Crippen LogP contribution in [0.4, 0.5) is 8.78 Å². The van der Waals surface area contributed by atoms with Crippen molar-refractivity contribution in [1.82, 2.24) is 0 Å². The van der Waals surface area contributed by atoms with Gasteiger partial charge < -0.3 is 10.2 Å². The van der Waals surface area contributed by atoms with Crippen LogP contribution in [0.15, 0.2) is 53.1 Å². The third-order valence-electron chi connectivity index (χ3n) is 5.30. The first-order chi connectivity index (χ1) is 12.9. The Morgan fingerprint density at radius 3 is 2.46 bits per heavy atom. The molecular weight excluding hydrogens is 366 g/mol. The van der Waals surface area contributed by atoms with E-state index >= 15 is 0 Å². The molecule has 6 heteroatoms. The van der Waals surface area contributed by atoms with E-state index in [-0.39, 0.29) is 18.6 Å². The Kier molecular flexibility index (Phi) is 6.04. The smallest absolute Gasteiger partial charge is 0.328 e. The number of carboxylic acids is 1. The standard InChI is InChI=1S/C22H24F2O4/c1-13(9-20(26)27)7-8-22(28)14(2)16(19(25)12-21(22,3)4)10-15-5-6-17(23)18(24)11-15/h5-9,11,28H,10,12H2,1-4H3,(H,26,27)/b8-7+,13-9-/t22-/m0/s1. The van der Waals surface area contributed by atoms with Crippen LogP contribution in [0.5, 0.6) is 0 Å². The second-order valence-electron chi connectivity index (χ2n) is 7.84. The van der Waals surface area contributed by atoms with Crippen molar-refractivity contribution < 1.29 is 28.6 Å². The topological polar surface area (TPSA) is 74.6 Å². The number of hydrogen-bond acceptors (Lipinski definition) is 3. The number of aliphatic carboxylic acids is 1. The first-order valence-electron chi connectivity index (χ1n) is 8.87. The van der Waals surface area contributed by atoms with Crippen molar-refractivity contribution in [3.63, 3.8) is 0 Å². The average molecular weight is 390 g/mol. The molecular formula is C22H24F2O4. The summed E-state index contributed by atoms with van der Waals surface area (Å²) in [6.07, 6.45) is 4.14. The number of carboxylic acid groups (broad SMARTS) is 1. The molecule has 2 N–H and O–H groups in total. The number of benzene rings is 1. The number of halogens is 2. The molecule has 1 atom stereocenters. The van der Waals surface area contributed by atoms with Crippen molar-refractivity contribution in [3.8, 4) is 0 Å². The molecule has 0 spiro atoms. The van der Waals surface area contributed by atoms with Gasteiger partial charge in [-0.05, 0) is 48.8 Å². The molecule has 1 aliphatic carbocycles. The lowest BCUT2D eigenvalue weighted by atomic mass is 9.62. The van der Waals surface area contributed by atoms with E-state index in [1.54, 1.807) is 27.7 Å². The van der Waals surface area contributed by atoms with Gasteiger partial charge in [-0.1, -0.05) is 26.0 Å². The minimum absolute atomic E-state index is 0.0614. The molecule has 0 bridgehead atoms. The van der Waals surface area contributed by atoms with E-state index in [0.717, 1.165) is 18.2 Å². The predicted molar refractivity (Wildman–Crippen MR) is 102 cm³/mol. The van der Waals surface area contributed by atoms with Crippen LogP contribution in [-0.4, -0.2) is 27.6 Å². The lowest BCUT2D eigenvalue weighted by Crippen LogP contribution is -2.49. The van der Waals surface area contributed by atoms with Gasteiger partial charge in [-0.25, -0.2) is 13.6 Å². The summed E-state index contributed by atoms with van der Waals surface area (Å²) in [5, 5.41) is 20.2. The number of hydrogen-bond donors (Lipinski definition) is 2. The largest absolute Gasteiger partial charge is 0.478 e. The van der Waals surface area contributed by atoms with Gasteiger partial charge in [0.1, 0.15) is 5.60 Å². The molecule has 0 unspecified atom stereocenters. The number of allylic oxidation sites excluding steroid dienone is 3. The summed E-state index contributed by atoms with van der Waals surface area (Å²) in [4.78, 5) is 23.5. The number of aliphatic hydroxyl groups is 1. The molecule has 0 saturated carbocycles. The summed E-state index contributed by atoms with van der Waals surface area (Å²) in [6.45, 7) is 6.73. The lowest BCUT2D eigenvalue weighted by Gasteiger charge is -2.45. The summed E-state index contributed by atoms with van der Waals surface area (Å²) < 4.78 is 26.7. The van der Waals surface area contributed by atoms with Crippen molar-refractivity contribution >= 4 is 11.8 Å². The molecule has 2 rings (SSSR count). The van der Waals surface area contributed by atoms with Crippen LogP contribution >= 0.6 is 0 Å². The van der Waals surface area contributed by atoms with Gasteiger partial charge in [0.2, 0.25) is 0 Å². The fourth-order valence-electron chi connectivity index (χ4n) is 3.52. The van der Waals surface area contributed by atoms with E-state index in [0.29, 0.717) is 22.3 Å². The zero-order valence-electron chi connectivity index (χ0n) is 16.3. The molecule has 0 aromatic heterocycles. The molecule has 150 valence electrons. The average Bonchev–Trinajstić information content (AvgIpc) is 2.57. The minimum atomic E-state index is -1.50. The predicted octanol–water partition coefficient (Wildman–Crippen LogP) is 4.14. The molecule has 0 aliphatic heterocycles. The van der Waals surface area contributed by atoms with Crippen molar-refractivity contribution in [2.75, 3.05) is 0 Å². The Morgan fingerprint density at radius 2 is 1.89 bits per heavy atom. The Morgan fingerprint density at radius 1 is 1.25 bits per heavy atom. The maximum absolute atomic E-state index is 13.5. The molecule has 1 aromatic rings. The first kappa shape index (κ1) is 21.7. The maximum Gasteiger partial charge on any atom is 0.328 e. The Hall–Kier alpha value is -2.60. The Bertz CT molecular complexity index is 909. The second kappa shape index (κ2) is 7.80. The summed E-state index contributed by atoms with van der Waals surface area (Å²) in [5.74, 6) is -3.23.